The molecule has 148 valence electrons. The van der Waals surface area contributed by atoms with Crippen molar-refractivity contribution < 1.29 is 14.2 Å². The highest BCUT2D eigenvalue weighted by atomic mass is 35.5. The predicted octanol–water partition coefficient (Wildman–Crippen LogP) is 3.60. The van der Waals surface area contributed by atoms with E-state index in [0.717, 1.165) is 16.6 Å². The summed E-state index contributed by atoms with van der Waals surface area (Å²) in [4.78, 5) is 8.67. The van der Waals surface area contributed by atoms with Gasteiger partial charge in [0.1, 0.15) is 23.3 Å². The molecule has 0 fully saturated rings. The molecule has 0 spiro atoms. The van der Waals surface area contributed by atoms with Gasteiger partial charge in [0, 0.05) is 24.0 Å². The lowest BCUT2D eigenvalue weighted by Gasteiger charge is -2.42. The topological polar surface area (TPSA) is 67.3 Å². The first-order chi connectivity index (χ1) is 13.0. The maximum Gasteiger partial charge on any atom is 0.131 e. The van der Waals surface area contributed by atoms with E-state index >= 15 is 0 Å². The van der Waals surface area contributed by atoms with Crippen LogP contribution in [0.4, 0.5) is 4.39 Å². The first-order valence-electron chi connectivity index (χ1n) is 9.04. The van der Waals surface area contributed by atoms with Crippen molar-refractivity contribution in [3.05, 3.63) is 65.7 Å². The van der Waals surface area contributed by atoms with Gasteiger partial charge < -0.3 is 15.2 Å². The lowest BCUT2D eigenvalue weighted by atomic mass is 9.86. The summed E-state index contributed by atoms with van der Waals surface area (Å²) in [6.07, 6.45) is 3.04. The van der Waals surface area contributed by atoms with Crippen LogP contribution in [-0.2, 0) is 6.42 Å². The molecule has 28 heavy (non-hydrogen) atoms. The van der Waals surface area contributed by atoms with Crippen LogP contribution < -0.4 is 10.1 Å². The Hall–Kier alpha value is -2.28. The predicted molar refractivity (Wildman–Crippen MR) is 108 cm³/mol. The second-order valence-electron chi connectivity index (χ2n) is 7.36. The van der Waals surface area contributed by atoms with Crippen LogP contribution in [0.2, 0.25) is 0 Å². The van der Waals surface area contributed by atoms with E-state index < -0.39 is 11.7 Å². The zero-order valence-electron chi connectivity index (χ0n) is 15.7. The fraction of sp³-hybridized carbons (Fsp3) is 0.333. The molecule has 5 nitrogen and oxygen atoms in total. The molecule has 2 heterocycles. The van der Waals surface area contributed by atoms with Crippen LogP contribution in [0.25, 0.3) is 11.0 Å². The molecule has 0 aliphatic carbocycles. The SMILES string of the molecule is CC1(C)Oc2cc3nccnc3cc2C(NCCc2ccccc2F)C1O.Cl. The van der Waals surface area contributed by atoms with Gasteiger partial charge in [-0.15, -0.1) is 12.4 Å². The average Bonchev–Trinajstić information content (AvgIpc) is 2.65. The number of halogens is 2. The maximum atomic E-state index is 13.9. The number of ether oxygens (including phenoxy) is 1. The van der Waals surface area contributed by atoms with Crippen molar-refractivity contribution in [2.75, 3.05) is 6.54 Å². The molecular weight excluding hydrogens is 381 g/mol. The molecule has 2 atom stereocenters. The monoisotopic (exact) mass is 403 g/mol. The van der Waals surface area contributed by atoms with Crippen LogP contribution in [0.5, 0.6) is 5.75 Å². The Morgan fingerprint density at radius 2 is 1.82 bits per heavy atom. The molecule has 0 saturated heterocycles. The Labute approximate surface area is 169 Å². The standard InChI is InChI=1S/C21H22FN3O2.ClH/c1-21(2)20(26)19(25-8-7-13-5-3-4-6-15(13)22)14-11-16-17(12-18(14)27-21)24-10-9-23-16;/h3-6,9-12,19-20,25-26H,7-8H2,1-2H3;1H. The minimum Gasteiger partial charge on any atom is -0.485 e. The highest BCUT2D eigenvalue weighted by Gasteiger charge is 2.42. The smallest absolute Gasteiger partial charge is 0.131 e. The molecule has 0 bridgehead atoms. The van der Waals surface area contributed by atoms with Crippen LogP contribution in [0.3, 0.4) is 0 Å². The van der Waals surface area contributed by atoms with Crippen molar-refractivity contribution in [2.45, 2.75) is 38.0 Å². The van der Waals surface area contributed by atoms with Gasteiger partial charge >= 0.3 is 0 Å². The first-order valence-corrected chi connectivity index (χ1v) is 9.04. The molecule has 2 unspecified atom stereocenters. The van der Waals surface area contributed by atoms with Crippen molar-refractivity contribution in [1.29, 1.82) is 0 Å². The summed E-state index contributed by atoms with van der Waals surface area (Å²) in [5.41, 5.74) is 2.21. The van der Waals surface area contributed by atoms with Crippen molar-refractivity contribution >= 4 is 23.4 Å². The lowest BCUT2D eigenvalue weighted by molar-refractivity contribution is -0.0642. The molecule has 4 rings (SSSR count). The van der Waals surface area contributed by atoms with E-state index in [4.69, 9.17) is 4.74 Å². The highest BCUT2D eigenvalue weighted by molar-refractivity contribution is 5.85. The number of aliphatic hydroxyl groups excluding tert-OH is 1. The summed E-state index contributed by atoms with van der Waals surface area (Å²) in [5, 5.41) is 14.2. The molecule has 2 aromatic carbocycles. The molecule has 1 aromatic heterocycles. The third-order valence-corrected chi connectivity index (χ3v) is 5.05. The highest BCUT2D eigenvalue weighted by Crippen LogP contribution is 2.41. The third kappa shape index (κ3) is 3.81. The van der Waals surface area contributed by atoms with Gasteiger partial charge in [0.25, 0.3) is 0 Å². The molecule has 0 radical (unpaired) electrons. The Kier molecular flexibility index (Phi) is 5.84. The number of aromatic nitrogens is 2. The van der Waals surface area contributed by atoms with Gasteiger partial charge in [0.2, 0.25) is 0 Å². The van der Waals surface area contributed by atoms with Gasteiger partial charge in [0.15, 0.2) is 0 Å². The van der Waals surface area contributed by atoms with Crippen molar-refractivity contribution in [1.82, 2.24) is 15.3 Å². The van der Waals surface area contributed by atoms with Gasteiger partial charge in [-0.2, -0.15) is 0 Å². The van der Waals surface area contributed by atoms with Gasteiger partial charge in [-0.25, -0.2) is 4.39 Å². The number of hydrogen-bond acceptors (Lipinski definition) is 5. The number of aliphatic hydroxyl groups is 1. The largest absolute Gasteiger partial charge is 0.485 e. The number of hydrogen-bond donors (Lipinski definition) is 2. The molecule has 1 aliphatic rings. The first kappa shape index (κ1) is 20.5. The summed E-state index contributed by atoms with van der Waals surface area (Å²) in [6, 6.07) is 10.2. The molecule has 2 N–H and O–H groups in total. The van der Waals surface area contributed by atoms with E-state index in [9.17, 15) is 9.50 Å². The van der Waals surface area contributed by atoms with Crippen molar-refractivity contribution in [3.63, 3.8) is 0 Å². The molecular formula is C21H23ClFN3O2. The van der Waals surface area contributed by atoms with Gasteiger partial charge in [-0.05, 0) is 44.5 Å². The van der Waals surface area contributed by atoms with E-state index in [2.05, 4.69) is 15.3 Å². The summed E-state index contributed by atoms with van der Waals surface area (Å²) in [5.74, 6) is 0.468. The Bertz CT molecular complexity index is 983. The third-order valence-electron chi connectivity index (χ3n) is 5.05. The van der Waals surface area contributed by atoms with E-state index in [0.29, 0.717) is 24.3 Å². The number of fused-ring (bicyclic) bond motifs is 2. The minimum absolute atomic E-state index is 0. The lowest BCUT2D eigenvalue weighted by Crippen LogP contribution is -2.52. The van der Waals surface area contributed by atoms with Crippen molar-refractivity contribution in [2.24, 2.45) is 0 Å². The normalized spacial score (nSPS) is 20.1. The Balaban J connectivity index is 0.00000225. The molecule has 1 aliphatic heterocycles. The molecule has 3 aromatic rings. The number of benzene rings is 2. The summed E-state index contributed by atoms with van der Waals surface area (Å²) < 4.78 is 19.9. The Morgan fingerprint density at radius 1 is 1.14 bits per heavy atom. The van der Waals surface area contributed by atoms with Crippen LogP contribution >= 0.6 is 12.4 Å². The van der Waals surface area contributed by atoms with E-state index in [1.165, 1.54) is 6.07 Å². The number of nitrogens with one attached hydrogen (secondary N) is 1. The molecule has 0 amide bonds. The zero-order chi connectivity index (χ0) is 19.0. The van der Waals surface area contributed by atoms with Gasteiger partial charge in [-0.3, -0.25) is 9.97 Å². The van der Waals surface area contributed by atoms with E-state index in [1.807, 2.05) is 32.0 Å². The van der Waals surface area contributed by atoms with Gasteiger partial charge in [-0.1, -0.05) is 18.2 Å². The van der Waals surface area contributed by atoms with E-state index in [-0.39, 0.29) is 24.3 Å². The van der Waals surface area contributed by atoms with Crippen LogP contribution in [0.15, 0.2) is 48.8 Å². The summed E-state index contributed by atoms with van der Waals surface area (Å²) in [6.45, 7) is 4.23. The molecule has 7 heteroatoms. The van der Waals surface area contributed by atoms with Crippen LogP contribution in [0, 0.1) is 5.82 Å². The van der Waals surface area contributed by atoms with Crippen LogP contribution in [-0.4, -0.2) is 33.3 Å². The number of rotatable bonds is 4. The Morgan fingerprint density at radius 3 is 2.54 bits per heavy atom. The second kappa shape index (κ2) is 7.99. The maximum absolute atomic E-state index is 13.9. The van der Waals surface area contributed by atoms with Crippen molar-refractivity contribution in [3.8, 4) is 5.75 Å². The zero-order valence-corrected chi connectivity index (χ0v) is 16.5. The fourth-order valence-corrected chi connectivity index (χ4v) is 3.54. The number of nitrogens with zero attached hydrogens (tertiary/aromatic N) is 2. The second-order valence-corrected chi connectivity index (χ2v) is 7.36. The van der Waals surface area contributed by atoms with E-state index in [1.54, 1.807) is 24.5 Å². The molecule has 0 saturated carbocycles. The quantitative estimate of drug-likeness (QED) is 0.696. The average molecular weight is 404 g/mol. The van der Waals surface area contributed by atoms with Crippen LogP contribution in [0.1, 0.15) is 31.0 Å². The summed E-state index contributed by atoms with van der Waals surface area (Å²) >= 11 is 0. The summed E-state index contributed by atoms with van der Waals surface area (Å²) in [7, 11) is 0. The fourth-order valence-electron chi connectivity index (χ4n) is 3.54. The van der Waals surface area contributed by atoms with Gasteiger partial charge in [0.05, 0.1) is 17.1 Å². The minimum atomic E-state index is -0.765.